The number of hydrogen-bond acceptors (Lipinski definition) is 4. The standard InChI is InChI=1S/C23H20N2O2S/c1-22(2)18-10-6-7-11-19(18)24(3)23(22)13-12-15-14-20(25(26)27)16-8-4-5-9-17(16)21(15)28-23/h4-14H,1-3H3. The first-order valence-electron chi connectivity index (χ1n) is 9.28. The van der Waals surface area contributed by atoms with Gasteiger partial charge < -0.3 is 4.90 Å². The van der Waals surface area contributed by atoms with E-state index < -0.39 is 0 Å². The highest BCUT2D eigenvalue weighted by molar-refractivity contribution is 8.01. The number of nitro benzene ring substituents is 1. The molecule has 3 aromatic carbocycles. The lowest BCUT2D eigenvalue weighted by atomic mass is 9.79. The molecule has 2 heterocycles. The Morgan fingerprint density at radius 1 is 1.04 bits per heavy atom. The second-order valence-corrected chi connectivity index (χ2v) is 9.18. The zero-order valence-electron chi connectivity index (χ0n) is 16.0. The van der Waals surface area contributed by atoms with Gasteiger partial charge in [-0.05, 0) is 29.3 Å². The summed E-state index contributed by atoms with van der Waals surface area (Å²) in [6.45, 7) is 4.57. The Kier molecular flexibility index (Phi) is 3.47. The maximum Gasteiger partial charge on any atom is 0.277 e. The lowest BCUT2D eigenvalue weighted by molar-refractivity contribution is -0.383. The van der Waals surface area contributed by atoms with Crippen molar-refractivity contribution >= 4 is 40.0 Å². The summed E-state index contributed by atoms with van der Waals surface area (Å²) in [7, 11) is 2.14. The van der Waals surface area contributed by atoms with E-state index in [1.165, 1.54) is 11.3 Å². The van der Waals surface area contributed by atoms with Gasteiger partial charge in [-0.1, -0.05) is 68.1 Å². The molecule has 0 N–H and O–H groups in total. The van der Waals surface area contributed by atoms with Gasteiger partial charge in [0.25, 0.3) is 5.69 Å². The average Bonchev–Trinajstić information content (AvgIpc) is 2.86. The predicted molar refractivity (Wildman–Crippen MR) is 116 cm³/mol. The van der Waals surface area contributed by atoms with Crippen LogP contribution in [-0.2, 0) is 5.41 Å². The Morgan fingerprint density at radius 2 is 1.71 bits per heavy atom. The molecule has 2 aliphatic rings. The summed E-state index contributed by atoms with van der Waals surface area (Å²) in [5.41, 5.74) is 3.52. The van der Waals surface area contributed by atoms with Gasteiger partial charge in [0.05, 0.1) is 10.3 Å². The molecule has 1 unspecified atom stereocenters. The van der Waals surface area contributed by atoms with Crippen LogP contribution in [0, 0.1) is 10.1 Å². The van der Waals surface area contributed by atoms with Crippen LogP contribution < -0.4 is 4.90 Å². The molecule has 2 aliphatic heterocycles. The number of nitrogens with zero attached hydrogens (tertiary/aromatic N) is 2. The molecule has 0 saturated heterocycles. The van der Waals surface area contributed by atoms with Crippen molar-refractivity contribution in [2.24, 2.45) is 0 Å². The summed E-state index contributed by atoms with van der Waals surface area (Å²) in [5, 5.41) is 13.3. The van der Waals surface area contributed by atoms with E-state index in [2.05, 4.69) is 62.2 Å². The van der Waals surface area contributed by atoms with Crippen LogP contribution in [0.2, 0.25) is 0 Å². The first-order valence-corrected chi connectivity index (χ1v) is 10.1. The van der Waals surface area contributed by atoms with Gasteiger partial charge in [-0.25, -0.2) is 0 Å². The van der Waals surface area contributed by atoms with Crippen LogP contribution in [-0.4, -0.2) is 16.8 Å². The van der Waals surface area contributed by atoms with Crippen molar-refractivity contribution < 1.29 is 4.92 Å². The van der Waals surface area contributed by atoms with E-state index in [0.29, 0.717) is 5.39 Å². The Hall–Kier alpha value is -2.79. The maximum atomic E-state index is 11.6. The summed E-state index contributed by atoms with van der Waals surface area (Å²) < 4.78 is 0. The van der Waals surface area contributed by atoms with Gasteiger partial charge in [-0.2, -0.15) is 0 Å². The fourth-order valence-corrected chi connectivity index (χ4v) is 6.31. The van der Waals surface area contributed by atoms with Crippen LogP contribution in [0.15, 0.2) is 65.6 Å². The van der Waals surface area contributed by atoms with Crippen LogP contribution in [0.4, 0.5) is 11.4 Å². The number of para-hydroxylation sites is 1. The molecule has 4 nitrogen and oxygen atoms in total. The highest BCUT2D eigenvalue weighted by Crippen LogP contribution is 2.61. The second-order valence-electron chi connectivity index (χ2n) is 7.95. The van der Waals surface area contributed by atoms with E-state index in [-0.39, 0.29) is 20.9 Å². The first kappa shape index (κ1) is 17.3. The first-order chi connectivity index (χ1) is 13.4. The number of nitro groups is 1. The molecule has 3 aromatic rings. The van der Waals surface area contributed by atoms with Crippen molar-refractivity contribution in [3.63, 3.8) is 0 Å². The Labute approximate surface area is 168 Å². The molecule has 0 saturated carbocycles. The van der Waals surface area contributed by atoms with Crippen molar-refractivity contribution in [2.75, 3.05) is 11.9 Å². The molecule has 1 atom stereocenters. The van der Waals surface area contributed by atoms with E-state index in [9.17, 15) is 10.1 Å². The van der Waals surface area contributed by atoms with E-state index in [4.69, 9.17) is 0 Å². The zero-order chi connectivity index (χ0) is 19.7. The van der Waals surface area contributed by atoms with Gasteiger partial charge in [0.15, 0.2) is 0 Å². The summed E-state index contributed by atoms with van der Waals surface area (Å²) in [5.74, 6) is 0. The van der Waals surface area contributed by atoms with Gasteiger partial charge in [-0.15, -0.1) is 0 Å². The van der Waals surface area contributed by atoms with Crippen LogP contribution >= 0.6 is 11.8 Å². The zero-order valence-corrected chi connectivity index (χ0v) is 16.8. The van der Waals surface area contributed by atoms with Crippen LogP contribution in [0.5, 0.6) is 0 Å². The monoisotopic (exact) mass is 388 g/mol. The molecule has 140 valence electrons. The van der Waals surface area contributed by atoms with E-state index in [1.807, 2.05) is 24.3 Å². The van der Waals surface area contributed by atoms with Gasteiger partial charge in [0.1, 0.15) is 4.87 Å². The van der Waals surface area contributed by atoms with Crippen LogP contribution in [0.1, 0.15) is 25.0 Å². The third kappa shape index (κ3) is 2.02. The Morgan fingerprint density at radius 3 is 2.43 bits per heavy atom. The minimum absolute atomic E-state index is 0.125. The number of benzene rings is 3. The number of non-ortho nitro benzene ring substituents is 1. The quantitative estimate of drug-likeness (QED) is 0.379. The topological polar surface area (TPSA) is 46.4 Å². The third-order valence-electron chi connectivity index (χ3n) is 6.28. The highest BCUT2D eigenvalue weighted by Gasteiger charge is 2.56. The van der Waals surface area contributed by atoms with E-state index >= 15 is 0 Å². The molecule has 28 heavy (non-hydrogen) atoms. The molecule has 1 spiro atoms. The summed E-state index contributed by atoms with van der Waals surface area (Å²) >= 11 is 1.80. The SMILES string of the molecule is CN1c2ccccc2C(C)(C)C12C=Cc1cc([N+](=O)[O-])c3ccccc3c1S2. The predicted octanol–water partition coefficient (Wildman–Crippen LogP) is 5.99. The molecular weight excluding hydrogens is 368 g/mol. The van der Waals surface area contributed by atoms with Gasteiger partial charge in [0, 0.05) is 34.5 Å². The Balaban J connectivity index is 1.77. The molecular formula is C23H20N2O2S. The molecule has 5 heteroatoms. The normalized spacial score (nSPS) is 21.8. The van der Waals surface area contributed by atoms with Crippen molar-refractivity contribution in [1.82, 2.24) is 0 Å². The fourth-order valence-electron chi connectivity index (χ4n) is 4.73. The number of likely N-dealkylation sites (N-methyl/N-ethyl adjacent to an activating group) is 1. The Bertz CT molecular complexity index is 1180. The van der Waals surface area contributed by atoms with Crippen LogP contribution in [0.25, 0.3) is 16.8 Å². The lowest BCUT2D eigenvalue weighted by Crippen LogP contribution is -2.50. The molecule has 0 bridgehead atoms. The van der Waals surface area contributed by atoms with E-state index in [0.717, 1.165) is 15.8 Å². The maximum absolute atomic E-state index is 11.6. The number of anilines is 1. The average molecular weight is 388 g/mol. The minimum atomic E-state index is -0.289. The van der Waals surface area contributed by atoms with Crippen molar-refractivity contribution in [1.29, 1.82) is 0 Å². The van der Waals surface area contributed by atoms with Crippen molar-refractivity contribution in [2.45, 2.75) is 29.0 Å². The molecule has 0 amide bonds. The summed E-state index contributed by atoms with van der Waals surface area (Å²) in [6.07, 6.45) is 4.29. The van der Waals surface area contributed by atoms with Gasteiger partial charge >= 0.3 is 0 Å². The minimum Gasteiger partial charge on any atom is -0.355 e. The molecule has 0 aromatic heterocycles. The summed E-state index contributed by atoms with van der Waals surface area (Å²) in [4.78, 5) is 14.5. The lowest BCUT2D eigenvalue weighted by Gasteiger charge is -2.45. The smallest absolute Gasteiger partial charge is 0.277 e. The number of hydrogen-bond donors (Lipinski definition) is 0. The van der Waals surface area contributed by atoms with Crippen LogP contribution in [0.3, 0.4) is 0 Å². The number of rotatable bonds is 1. The van der Waals surface area contributed by atoms with Crippen molar-refractivity contribution in [3.05, 3.63) is 81.9 Å². The molecule has 0 fully saturated rings. The fraction of sp³-hybridized carbons (Fsp3) is 0.217. The molecule has 0 radical (unpaired) electrons. The largest absolute Gasteiger partial charge is 0.355 e. The second kappa shape index (κ2) is 5.61. The number of fused-ring (bicyclic) bond motifs is 4. The number of thioether (sulfide) groups is 1. The summed E-state index contributed by atoms with van der Waals surface area (Å²) in [6, 6.07) is 17.9. The molecule has 0 aliphatic carbocycles. The third-order valence-corrected chi connectivity index (χ3v) is 8.17. The van der Waals surface area contributed by atoms with Gasteiger partial charge in [0.2, 0.25) is 0 Å². The van der Waals surface area contributed by atoms with E-state index in [1.54, 1.807) is 17.8 Å². The van der Waals surface area contributed by atoms with Gasteiger partial charge in [-0.3, -0.25) is 10.1 Å². The highest BCUT2D eigenvalue weighted by atomic mass is 32.2. The molecule has 5 rings (SSSR count). The van der Waals surface area contributed by atoms with Crippen molar-refractivity contribution in [3.8, 4) is 0 Å².